The van der Waals surface area contributed by atoms with Gasteiger partial charge in [0.25, 0.3) is 0 Å². The molecule has 0 bridgehead atoms. The molecule has 0 saturated heterocycles. The molecule has 17 heavy (non-hydrogen) atoms. The second kappa shape index (κ2) is 5.65. The number of ether oxygens (including phenoxy) is 1. The van der Waals surface area contributed by atoms with Gasteiger partial charge in [-0.25, -0.2) is 4.21 Å². The first kappa shape index (κ1) is 11.9. The van der Waals surface area contributed by atoms with Crippen LogP contribution in [0.5, 0.6) is 0 Å². The summed E-state index contributed by atoms with van der Waals surface area (Å²) in [7, 11) is 0. The second-order valence-corrected chi connectivity index (χ2v) is 4.49. The Morgan fingerprint density at radius 1 is 1.35 bits per heavy atom. The van der Waals surface area contributed by atoms with Crippen molar-refractivity contribution < 1.29 is 13.5 Å². The van der Waals surface area contributed by atoms with E-state index in [-0.39, 0.29) is 0 Å². The van der Waals surface area contributed by atoms with Gasteiger partial charge < -0.3 is 14.6 Å². The number of hydrogen-bond donors (Lipinski definition) is 2. The van der Waals surface area contributed by atoms with Crippen molar-refractivity contribution >= 4 is 11.1 Å². The Kier molecular flexibility index (Phi) is 3.95. The van der Waals surface area contributed by atoms with Crippen molar-refractivity contribution in [2.24, 2.45) is 0 Å². The Bertz CT molecular complexity index is 468. The number of benzene rings is 1. The number of nitrogens with one attached hydrogen (secondary N) is 1. The SMILES string of the molecule is O=S(O)C1=CCNC(OCc2ccccc2)=C1. The number of hydrogen-bond acceptors (Lipinski definition) is 3. The molecule has 0 amide bonds. The highest BCUT2D eigenvalue weighted by molar-refractivity contribution is 7.83. The number of allylic oxidation sites excluding steroid dienone is 1. The number of rotatable bonds is 4. The van der Waals surface area contributed by atoms with Crippen LogP contribution in [0.25, 0.3) is 0 Å². The lowest BCUT2D eigenvalue weighted by Gasteiger charge is -2.15. The van der Waals surface area contributed by atoms with Crippen LogP contribution in [-0.2, 0) is 22.4 Å². The van der Waals surface area contributed by atoms with Gasteiger partial charge in [0.1, 0.15) is 6.61 Å². The molecule has 1 aromatic rings. The van der Waals surface area contributed by atoms with E-state index in [4.69, 9.17) is 9.29 Å². The molecule has 1 aliphatic rings. The number of dihydropyridines is 1. The normalized spacial score (nSPS) is 16.5. The highest BCUT2D eigenvalue weighted by Gasteiger charge is 2.09. The largest absolute Gasteiger partial charge is 0.474 e. The minimum absolute atomic E-state index is 0.367. The highest BCUT2D eigenvalue weighted by atomic mass is 32.2. The van der Waals surface area contributed by atoms with Crippen LogP contribution < -0.4 is 5.32 Å². The van der Waals surface area contributed by atoms with E-state index >= 15 is 0 Å². The van der Waals surface area contributed by atoms with Crippen LogP contribution >= 0.6 is 0 Å². The van der Waals surface area contributed by atoms with Crippen molar-refractivity contribution in [1.29, 1.82) is 0 Å². The lowest BCUT2D eigenvalue weighted by molar-refractivity contribution is 0.178. The maximum absolute atomic E-state index is 10.9. The van der Waals surface area contributed by atoms with E-state index in [1.807, 2.05) is 30.3 Å². The summed E-state index contributed by atoms with van der Waals surface area (Å²) in [4.78, 5) is 0.367. The van der Waals surface area contributed by atoms with E-state index in [2.05, 4.69) is 5.32 Å². The lowest BCUT2D eigenvalue weighted by Crippen LogP contribution is -2.20. The van der Waals surface area contributed by atoms with Gasteiger partial charge in [-0.15, -0.1) is 0 Å². The molecule has 0 saturated carbocycles. The fourth-order valence-corrected chi connectivity index (χ4v) is 1.87. The van der Waals surface area contributed by atoms with Crippen LogP contribution in [-0.4, -0.2) is 15.3 Å². The van der Waals surface area contributed by atoms with Crippen molar-refractivity contribution in [2.75, 3.05) is 6.54 Å². The summed E-state index contributed by atoms with van der Waals surface area (Å²) in [6.45, 7) is 0.938. The van der Waals surface area contributed by atoms with E-state index in [9.17, 15) is 4.21 Å². The summed E-state index contributed by atoms with van der Waals surface area (Å²) in [6, 6.07) is 9.75. The molecule has 0 radical (unpaired) electrons. The molecule has 0 aromatic heterocycles. The van der Waals surface area contributed by atoms with Gasteiger partial charge in [-0.05, 0) is 11.6 Å². The van der Waals surface area contributed by atoms with E-state index in [0.29, 0.717) is 23.9 Å². The summed E-state index contributed by atoms with van der Waals surface area (Å²) < 4.78 is 25.4. The molecule has 2 rings (SSSR count). The fourth-order valence-electron chi connectivity index (χ4n) is 1.44. The van der Waals surface area contributed by atoms with Gasteiger partial charge in [0.15, 0.2) is 17.0 Å². The molecule has 1 unspecified atom stereocenters. The van der Waals surface area contributed by atoms with Gasteiger partial charge in [0, 0.05) is 12.6 Å². The zero-order valence-electron chi connectivity index (χ0n) is 9.13. The average molecular weight is 251 g/mol. The van der Waals surface area contributed by atoms with Crippen molar-refractivity contribution in [3.8, 4) is 0 Å². The summed E-state index contributed by atoms with van der Waals surface area (Å²) in [5.74, 6) is 0.522. The lowest BCUT2D eigenvalue weighted by atomic mass is 10.2. The van der Waals surface area contributed by atoms with Gasteiger partial charge in [0.05, 0.1) is 4.91 Å². The zero-order valence-corrected chi connectivity index (χ0v) is 9.94. The van der Waals surface area contributed by atoms with Crippen molar-refractivity contribution in [2.45, 2.75) is 6.61 Å². The predicted octanol–water partition coefficient (Wildman–Crippen LogP) is 1.75. The summed E-state index contributed by atoms with van der Waals surface area (Å²) in [6.07, 6.45) is 3.20. The minimum Gasteiger partial charge on any atom is -0.474 e. The Labute approximate surface area is 102 Å². The first-order chi connectivity index (χ1) is 8.25. The van der Waals surface area contributed by atoms with E-state index < -0.39 is 11.1 Å². The molecule has 4 nitrogen and oxygen atoms in total. The first-order valence-electron chi connectivity index (χ1n) is 5.19. The van der Waals surface area contributed by atoms with E-state index in [1.54, 1.807) is 12.2 Å². The molecule has 5 heteroatoms. The molecule has 0 spiro atoms. The maximum atomic E-state index is 10.9. The van der Waals surface area contributed by atoms with Crippen LogP contribution in [0.1, 0.15) is 5.56 Å². The van der Waals surface area contributed by atoms with E-state index in [1.165, 1.54) is 0 Å². The monoisotopic (exact) mass is 251 g/mol. The smallest absolute Gasteiger partial charge is 0.188 e. The minimum atomic E-state index is -1.96. The first-order valence-corrected chi connectivity index (χ1v) is 6.29. The molecule has 1 aliphatic heterocycles. The third-order valence-corrected chi connectivity index (χ3v) is 2.98. The van der Waals surface area contributed by atoms with Crippen molar-refractivity contribution in [3.63, 3.8) is 0 Å². The fraction of sp³-hybridized carbons (Fsp3) is 0.167. The van der Waals surface area contributed by atoms with Crippen molar-refractivity contribution in [1.82, 2.24) is 5.32 Å². The van der Waals surface area contributed by atoms with Gasteiger partial charge in [-0.2, -0.15) is 0 Å². The molecule has 1 aromatic carbocycles. The molecular weight excluding hydrogens is 238 g/mol. The quantitative estimate of drug-likeness (QED) is 0.800. The molecule has 1 atom stereocenters. The Morgan fingerprint density at radius 3 is 2.82 bits per heavy atom. The van der Waals surface area contributed by atoms with Crippen LogP contribution in [0.15, 0.2) is 53.3 Å². The summed E-state index contributed by atoms with van der Waals surface area (Å²) in [5.41, 5.74) is 1.05. The Hall–Kier alpha value is -1.59. The topological polar surface area (TPSA) is 58.6 Å². The molecule has 2 N–H and O–H groups in total. The van der Waals surface area contributed by atoms with E-state index in [0.717, 1.165) is 5.56 Å². The van der Waals surface area contributed by atoms with Crippen LogP contribution in [0.2, 0.25) is 0 Å². The molecule has 0 aliphatic carbocycles. The average Bonchev–Trinajstić information content (AvgIpc) is 2.38. The van der Waals surface area contributed by atoms with Gasteiger partial charge >= 0.3 is 0 Å². The predicted molar refractivity (Wildman–Crippen MR) is 66.2 cm³/mol. The Morgan fingerprint density at radius 2 is 2.12 bits per heavy atom. The second-order valence-electron chi connectivity index (χ2n) is 3.52. The molecule has 90 valence electrons. The van der Waals surface area contributed by atoms with Gasteiger partial charge in [-0.3, -0.25) is 0 Å². The summed E-state index contributed by atoms with van der Waals surface area (Å²) in [5, 5.41) is 2.99. The standard InChI is InChI=1S/C12H13NO3S/c14-17(15)11-6-7-13-12(8-11)16-9-10-4-2-1-3-5-10/h1-6,8,13H,7,9H2,(H,14,15). The van der Waals surface area contributed by atoms with Crippen LogP contribution in [0.4, 0.5) is 0 Å². The molecular formula is C12H13NO3S. The van der Waals surface area contributed by atoms with Crippen LogP contribution in [0, 0.1) is 0 Å². The third-order valence-electron chi connectivity index (χ3n) is 2.29. The maximum Gasteiger partial charge on any atom is 0.188 e. The highest BCUT2D eigenvalue weighted by Crippen LogP contribution is 2.11. The Balaban J connectivity index is 1.96. The molecule has 0 fully saturated rings. The van der Waals surface area contributed by atoms with Gasteiger partial charge in [-0.1, -0.05) is 30.3 Å². The summed E-state index contributed by atoms with van der Waals surface area (Å²) >= 11 is -1.96. The third kappa shape index (κ3) is 3.44. The molecule has 1 heterocycles. The van der Waals surface area contributed by atoms with Gasteiger partial charge in [0.2, 0.25) is 0 Å². The zero-order chi connectivity index (χ0) is 12.1. The van der Waals surface area contributed by atoms with Crippen LogP contribution in [0.3, 0.4) is 0 Å². The van der Waals surface area contributed by atoms with Crippen molar-refractivity contribution in [3.05, 3.63) is 58.8 Å².